The molecule has 150 heavy (non-hydrogen) atoms. The average molecular weight is 2120 g/mol. The van der Waals surface area contributed by atoms with Crippen molar-refractivity contribution >= 4 is 0 Å². The third-order valence-corrected chi connectivity index (χ3v) is 36.0. The topological polar surface area (TPSA) is 302 Å². The Labute approximate surface area is 908 Å². The van der Waals surface area contributed by atoms with Crippen LogP contribution in [-0.2, 0) is 42.6 Å². The molecule has 0 saturated carbocycles. The Kier molecular flexibility index (Phi) is 44.2. The van der Waals surface area contributed by atoms with Crippen molar-refractivity contribution in [3.05, 3.63) is 54.6 Å². The van der Waals surface area contributed by atoms with E-state index in [0.29, 0.717) is 247 Å². The van der Waals surface area contributed by atoms with Crippen LogP contribution in [0.4, 0.5) is 0 Å². The Morgan fingerprint density at radius 1 is 0.213 bits per heavy atom. The molecule has 866 valence electrons. The first kappa shape index (κ1) is 128. The zero-order valence-corrected chi connectivity index (χ0v) is 101. The number of nitrogens with one attached hydrogen (secondary N) is 4. The van der Waals surface area contributed by atoms with Gasteiger partial charge >= 0.3 is 0 Å². The van der Waals surface area contributed by atoms with Crippen LogP contribution in [0.3, 0.4) is 0 Å². The minimum Gasteiger partial charge on any atom is -0.491 e. The molecular weight excluding hydrogens is 1900 g/mol. The summed E-state index contributed by atoms with van der Waals surface area (Å²) < 4.78 is 110. The van der Waals surface area contributed by atoms with Crippen molar-refractivity contribution < 1.29 is 101 Å². The van der Waals surface area contributed by atoms with Gasteiger partial charge in [-0.3, -0.25) is 14.7 Å². The van der Waals surface area contributed by atoms with Crippen LogP contribution in [0.1, 0.15) is 307 Å². The van der Waals surface area contributed by atoms with Crippen molar-refractivity contribution in [1.29, 1.82) is 0 Å². The number of benzene rings is 3. The molecule has 0 radical (unpaired) electrons. The zero-order chi connectivity index (χ0) is 111. The molecule has 0 aliphatic carbocycles. The fraction of sp³-hybridized carbons (Fsp3) is 0.850. The van der Waals surface area contributed by atoms with E-state index >= 15 is 0 Å². The molecule has 3 aromatic carbocycles. The van der Waals surface area contributed by atoms with Crippen molar-refractivity contribution in [3.8, 4) is 51.7 Å². The van der Waals surface area contributed by atoms with E-state index in [1.807, 2.05) is 54.6 Å². The summed E-state index contributed by atoms with van der Waals surface area (Å²) in [7, 11) is 6.67. The lowest BCUT2D eigenvalue weighted by Crippen LogP contribution is -2.47. The van der Waals surface area contributed by atoms with Gasteiger partial charge in [-0.1, -0.05) is 0 Å². The molecule has 0 aromatic heterocycles. The van der Waals surface area contributed by atoms with E-state index in [2.05, 4.69) is 306 Å². The van der Waals surface area contributed by atoms with E-state index in [9.17, 15) is 10.4 Å². The molecule has 9 unspecified atom stereocenters. The third kappa shape index (κ3) is 34.5. The van der Waals surface area contributed by atoms with Crippen LogP contribution in [0.25, 0.3) is 0 Å². The minimum atomic E-state index is -0.362. The van der Waals surface area contributed by atoms with Gasteiger partial charge in [0.2, 0.25) is 0 Å². The molecule has 9 aliphatic rings. The Morgan fingerprint density at radius 3 is 0.540 bits per heavy atom. The molecule has 0 spiro atoms. The lowest BCUT2D eigenvalue weighted by atomic mass is 9.88. The predicted molar refractivity (Wildman–Crippen MR) is 599 cm³/mol. The highest BCUT2D eigenvalue weighted by molar-refractivity contribution is 5.48. The Hall–Kier alpha value is -4.98. The first-order valence-corrected chi connectivity index (χ1v) is 56.5. The fourth-order valence-electron chi connectivity index (χ4n) is 26.3. The highest BCUT2D eigenvalue weighted by atomic mass is 16.6. The predicted octanol–water partition coefficient (Wildman–Crippen LogP) is 19.5. The number of hydroxylamine groups is 4. The zero-order valence-electron chi connectivity index (χ0n) is 101. The number of rotatable bonds is 54. The first-order chi connectivity index (χ1) is 68.8. The van der Waals surface area contributed by atoms with E-state index in [0.717, 1.165) is 82.5 Å². The van der Waals surface area contributed by atoms with Crippen LogP contribution in [0.5, 0.6) is 51.7 Å². The standard InChI is InChI=1S/C42H75N3O6.C39H69N3O8.C39H69N3O6.H2O/c1-37(2)25-31(40(7,8)43(37)13)28-46-18-21-49-34-16-17-35(50-22-19-47-29-32-26-38(3,4)44(14)41(32,9)10)36(24-34)51-23-20-48-30-33-27-39(5,6)45(15)42(33,11)12;1-34(2)22-28(37(7,8)40-34)25-45-17-20-50-33-21-31(48-18-15-46-26-29-23-35(3,4)41(43)38(29,9)10)13-14-32(33)49-19-16-47-27-30-24-36(5,6)42(44)39(30,11)12;1-34(2)22-28(37(7,8)40-34)25-43-15-18-46-31-13-14-32(47-19-16-44-26-29-23-35(3,4)41-38(29,9)10)33(21-31)48-20-17-45-27-30-24-36(5,6)42-39(30,11)12;/h16-17,24,31-33H,18-23,25-30H2,1-15H3;13-14,21,28-30,40,43-44H,15-20,22-27H2,1-12H3;13-14,21,28-30,40-42H,15-20,22-27H2,1-12H3;1H2. The monoisotopic (exact) mass is 2120 g/mol. The van der Waals surface area contributed by atoms with Crippen LogP contribution in [0.15, 0.2) is 54.6 Å². The molecule has 8 N–H and O–H groups in total. The van der Waals surface area contributed by atoms with E-state index in [1.54, 1.807) is 0 Å². The van der Waals surface area contributed by atoms with Gasteiger partial charge in [0.1, 0.15) is 76.7 Å². The van der Waals surface area contributed by atoms with Crippen molar-refractivity contribution in [2.75, 3.05) is 200 Å². The largest absolute Gasteiger partial charge is 0.491 e. The maximum absolute atomic E-state index is 10.6. The molecular formula is C120H215N9O21. The van der Waals surface area contributed by atoms with Gasteiger partial charge in [0.15, 0.2) is 34.5 Å². The molecule has 9 heterocycles. The number of ether oxygens (including phenoxy) is 18. The van der Waals surface area contributed by atoms with Gasteiger partial charge in [-0.25, -0.2) is 0 Å². The summed E-state index contributed by atoms with van der Waals surface area (Å²) in [5.41, 5.74) is 0.161. The summed E-state index contributed by atoms with van der Waals surface area (Å²) >= 11 is 0. The summed E-state index contributed by atoms with van der Waals surface area (Å²) in [6, 6.07) is 17.1. The highest BCUT2D eigenvalue weighted by Crippen LogP contribution is 2.51. The molecule has 9 aliphatic heterocycles. The molecule has 0 amide bonds. The molecule has 9 saturated heterocycles. The average Bonchev–Trinajstić information content (AvgIpc) is 1.62. The summed E-state index contributed by atoms with van der Waals surface area (Å²) in [5.74, 6) is 9.59. The van der Waals surface area contributed by atoms with Crippen LogP contribution in [0.2, 0.25) is 0 Å². The van der Waals surface area contributed by atoms with Gasteiger partial charge in [0, 0.05) is 171 Å². The molecule has 9 fully saturated rings. The van der Waals surface area contributed by atoms with Gasteiger partial charge in [-0.15, -0.1) is 0 Å². The maximum Gasteiger partial charge on any atom is 0.164 e. The van der Waals surface area contributed by atoms with E-state index in [1.165, 1.54) is 10.1 Å². The summed E-state index contributed by atoms with van der Waals surface area (Å²) in [6.07, 6.45) is 9.40. The van der Waals surface area contributed by atoms with E-state index in [4.69, 9.17) is 85.3 Å². The van der Waals surface area contributed by atoms with Crippen molar-refractivity contribution in [2.24, 2.45) is 53.3 Å². The minimum absolute atomic E-state index is 0. The SMILES string of the molecule is CC1(C)CC(COCCOc2cc(OCCOCC3CC(C)(C)N(O)C3(C)C)ccc2OCCOCC2CC(C)(C)N(O)C2(C)C)C(C)(C)N1.CC1(C)CC(COCCOc2ccc(OCCOCC3CC(C)(C)NC3(C)C)c(OCCOCC3CC(C)(C)NC3(C)C)c2)C(C)(C)N1.CN1C(C)(C)CC(COCCOc2ccc(OCCOCC3CC(C)(C)N(C)C3(C)C)c(OCCOCC3CC(C)(C)N(C)C3(C)C)c2)C1(C)C.O. The van der Waals surface area contributed by atoms with E-state index in [-0.39, 0.29) is 117 Å². The summed E-state index contributed by atoms with van der Waals surface area (Å²) in [5, 5.41) is 39.1. The van der Waals surface area contributed by atoms with E-state index < -0.39 is 0 Å². The van der Waals surface area contributed by atoms with Crippen molar-refractivity contribution in [3.63, 3.8) is 0 Å². The summed E-state index contributed by atoms with van der Waals surface area (Å²) in [4.78, 5) is 7.45. The van der Waals surface area contributed by atoms with Gasteiger partial charge in [0.25, 0.3) is 0 Å². The van der Waals surface area contributed by atoms with Gasteiger partial charge in [-0.2, -0.15) is 10.1 Å². The Balaban J connectivity index is 0.000000249. The summed E-state index contributed by atoms with van der Waals surface area (Å²) in [6.45, 7) is 94.6. The molecule has 9 atom stereocenters. The van der Waals surface area contributed by atoms with Crippen LogP contribution < -0.4 is 63.9 Å². The lowest BCUT2D eigenvalue weighted by Gasteiger charge is -2.38. The smallest absolute Gasteiger partial charge is 0.164 e. The number of likely N-dealkylation sites (tertiary alicyclic amines) is 3. The van der Waals surface area contributed by atoms with Crippen LogP contribution in [0, 0.1) is 53.3 Å². The number of nitrogens with zero attached hydrogens (tertiary/aromatic N) is 5. The van der Waals surface area contributed by atoms with Crippen molar-refractivity contribution in [2.45, 2.75) is 407 Å². The molecule has 3 aromatic rings. The fourth-order valence-corrected chi connectivity index (χ4v) is 26.3. The first-order valence-electron chi connectivity index (χ1n) is 56.5. The quantitative estimate of drug-likeness (QED) is 0.0286. The van der Waals surface area contributed by atoms with Gasteiger partial charge in [-0.05, 0) is 365 Å². The third-order valence-electron chi connectivity index (χ3n) is 36.0. The molecule has 12 rings (SSSR count). The second-order valence-electron chi connectivity index (χ2n) is 55.8. The molecule has 0 bridgehead atoms. The van der Waals surface area contributed by atoms with Crippen LogP contribution >= 0.6 is 0 Å². The normalized spacial score (nSPS) is 27.6. The van der Waals surface area contributed by atoms with Crippen molar-refractivity contribution in [1.82, 2.24) is 46.1 Å². The molecule has 30 heteroatoms. The van der Waals surface area contributed by atoms with Crippen LogP contribution in [-0.4, -0.2) is 340 Å². The highest BCUT2D eigenvalue weighted by Gasteiger charge is 2.57. The van der Waals surface area contributed by atoms with Gasteiger partial charge < -0.3 is 122 Å². The second-order valence-corrected chi connectivity index (χ2v) is 55.8. The Morgan fingerprint density at radius 2 is 0.380 bits per heavy atom. The lowest BCUT2D eigenvalue weighted by molar-refractivity contribution is -0.198. The number of hydrogen-bond acceptors (Lipinski definition) is 29. The number of hydrogen-bond donors (Lipinski definition) is 6. The molecule has 30 nitrogen and oxygen atoms in total. The maximum atomic E-state index is 10.6. The second kappa shape index (κ2) is 51.6. The van der Waals surface area contributed by atoms with Gasteiger partial charge in [0.05, 0.1) is 119 Å². The Bertz CT molecular complexity index is 4600.